The van der Waals surface area contributed by atoms with Gasteiger partial charge in [-0.15, -0.1) is 0 Å². The maximum Gasteiger partial charge on any atom is 0.270 e. The van der Waals surface area contributed by atoms with Crippen molar-refractivity contribution < 1.29 is 19.3 Å². The molecule has 0 radical (unpaired) electrons. The summed E-state index contributed by atoms with van der Waals surface area (Å²) in [6.07, 6.45) is 3.60. The van der Waals surface area contributed by atoms with E-state index in [9.17, 15) is 20.2 Å². The van der Waals surface area contributed by atoms with Crippen LogP contribution in [-0.2, 0) is 25.7 Å². The number of nitro groups is 2. The van der Waals surface area contributed by atoms with Crippen LogP contribution in [0.1, 0.15) is 35.1 Å². The summed E-state index contributed by atoms with van der Waals surface area (Å²) in [5.74, 6) is 1.40. The van der Waals surface area contributed by atoms with Gasteiger partial charge in [-0.05, 0) is 38.5 Å². The molecule has 0 aromatic heterocycles. The van der Waals surface area contributed by atoms with Gasteiger partial charge in [-0.25, -0.2) is 0 Å². The highest BCUT2D eigenvalue weighted by Crippen LogP contribution is 2.36. The Labute approximate surface area is 162 Å². The zero-order chi connectivity index (χ0) is 20.3. The van der Waals surface area contributed by atoms with Crippen molar-refractivity contribution in [2.45, 2.75) is 38.5 Å². The lowest BCUT2D eigenvalue weighted by molar-refractivity contribution is -0.385. The van der Waals surface area contributed by atoms with Gasteiger partial charge < -0.3 is 9.47 Å². The molecule has 1 aliphatic rings. The third kappa shape index (κ3) is 3.90. The molecule has 0 heterocycles. The molecule has 0 atom stereocenters. The maximum absolute atomic E-state index is 11.3. The van der Waals surface area contributed by atoms with Crippen molar-refractivity contribution >= 4 is 11.4 Å². The number of nitro benzene ring substituents is 2. The molecular weight excluding hydrogens is 364 g/mol. The van der Waals surface area contributed by atoms with Crippen LogP contribution in [0.4, 0.5) is 11.4 Å². The minimum Gasteiger partial charge on any atom is -0.496 e. The van der Waals surface area contributed by atoms with E-state index >= 15 is 0 Å². The number of aryl methyl sites for hydroxylation is 4. The molecular formula is C20H22N2O6. The minimum absolute atomic E-state index is 0.0644. The number of ether oxygens (including phenoxy) is 2. The molecule has 4 bridgehead atoms. The highest BCUT2D eigenvalue weighted by molar-refractivity contribution is 5.52. The summed E-state index contributed by atoms with van der Waals surface area (Å²) in [5.41, 5.74) is 3.28. The van der Waals surface area contributed by atoms with E-state index in [0.717, 1.165) is 22.3 Å². The Morgan fingerprint density at radius 3 is 1.18 bits per heavy atom. The van der Waals surface area contributed by atoms with Crippen molar-refractivity contribution in [2.75, 3.05) is 14.2 Å². The van der Waals surface area contributed by atoms with Crippen molar-refractivity contribution in [3.63, 3.8) is 0 Å². The molecule has 0 unspecified atom stereocenters. The van der Waals surface area contributed by atoms with E-state index in [4.69, 9.17) is 9.47 Å². The summed E-state index contributed by atoms with van der Waals surface area (Å²) in [6.45, 7) is 0. The number of hydrogen-bond donors (Lipinski definition) is 0. The molecule has 0 spiro atoms. The fourth-order valence-electron chi connectivity index (χ4n) is 3.89. The number of rotatable bonds is 4. The standard InChI is InChI=1S/C20H22N2O6/c1-27-19-13-5-3-7-15-11-18(22(25)26)12-16(20(15)28-2)8-4-6-14(19)10-17(9-13)21(23)24/h9-12H,3-8H2,1-2H3. The van der Waals surface area contributed by atoms with Crippen molar-refractivity contribution in [3.05, 3.63) is 66.7 Å². The van der Waals surface area contributed by atoms with Crippen molar-refractivity contribution in [1.29, 1.82) is 0 Å². The van der Waals surface area contributed by atoms with Gasteiger partial charge in [0.1, 0.15) is 11.5 Å². The largest absolute Gasteiger partial charge is 0.496 e. The number of methoxy groups -OCH3 is 2. The smallest absolute Gasteiger partial charge is 0.270 e. The lowest BCUT2D eigenvalue weighted by Crippen LogP contribution is -2.06. The molecule has 148 valence electrons. The average molecular weight is 386 g/mol. The van der Waals surface area contributed by atoms with E-state index in [0.29, 0.717) is 50.0 Å². The molecule has 8 nitrogen and oxygen atoms in total. The summed E-state index contributed by atoms with van der Waals surface area (Å²) >= 11 is 0. The first-order valence-electron chi connectivity index (χ1n) is 9.13. The van der Waals surface area contributed by atoms with Crippen LogP contribution in [0, 0.1) is 20.2 Å². The van der Waals surface area contributed by atoms with Crippen LogP contribution in [0.3, 0.4) is 0 Å². The second-order valence-electron chi connectivity index (χ2n) is 6.82. The van der Waals surface area contributed by atoms with E-state index in [1.165, 1.54) is 0 Å². The number of fused-ring (bicyclic) bond motifs is 4. The minimum atomic E-state index is -0.382. The van der Waals surface area contributed by atoms with Gasteiger partial charge >= 0.3 is 0 Å². The Morgan fingerprint density at radius 2 is 0.964 bits per heavy atom. The lowest BCUT2D eigenvalue weighted by Gasteiger charge is -2.18. The molecule has 0 aliphatic heterocycles. The third-order valence-electron chi connectivity index (χ3n) is 5.07. The first-order valence-corrected chi connectivity index (χ1v) is 9.13. The molecule has 0 fully saturated rings. The second kappa shape index (κ2) is 8.24. The molecule has 28 heavy (non-hydrogen) atoms. The Morgan fingerprint density at radius 1 is 0.679 bits per heavy atom. The number of hydrogen-bond acceptors (Lipinski definition) is 6. The van der Waals surface area contributed by atoms with Crippen molar-refractivity contribution in [3.8, 4) is 11.5 Å². The predicted octanol–water partition coefficient (Wildman–Crippen LogP) is 4.18. The monoisotopic (exact) mass is 386 g/mol. The molecule has 2 aromatic rings. The van der Waals surface area contributed by atoms with Crippen LogP contribution in [0.2, 0.25) is 0 Å². The average Bonchev–Trinajstić information content (AvgIpc) is 2.66. The second-order valence-corrected chi connectivity index (χ2v) is 6.82. The first kappa shape index (κ1) is 19.6. The van der Waals surface area contributed by atoms with E-state index in [-0.39, 0.29) is 21.2 Å². The van der Waals surface area contributed by atoms with E-state index < -0.39 is 0 Å². The zero-order valence-electron chi connectivity index (χ0n) is 15.9. The van der Waals surface area contributed by atoms with Crippen molar-refractivity contribution in [2.24, 2.45) is 0 Å². The summed E-state index contributed by atoms with van der Waals surface area (Å²) in [7, 11) is 3.16. The fourth-order valence-corrected chi connectivity index (χ4v) is 3.89. The summed E-state index contributed by atoms with van der Waals surface area (Å²) in [6, 6.07) is 6.24. The summed E-state index contributed by atoms with van der Waals surface area (Å²) < 4.78 is 11.1. The van der Waals surface area contributed by atoms with Gasteiger partial charge in [0.15, 0.2) is 0 Å². The van der Waals surface area contributed by atoms with E-state index in [1.54, 1.807) is 38.5 Å². The Hall–Kier alpha value is -3.16. The highest BCUT2D eigenvalue weighted by atomic mass is 16.6. The predicted molar refractivity (Wildman–Crippen MR) is 103 cm³/mol. The molecule has 1 aliphatic carbocycles. The number of nitrogens with zero attached hydrogens (tertiary/aromatic N) is 2. The van der Waals surface area contributed by atoms with Gasteiger partial charge in [0.05, 0.1) is 24.1 Å². The molecule has 2 aromatic carbocycles. The van der Waals surface area contributed by atoms with Gasteiger partial charge in [-0.3, -0.25) is 20.2 Å². The Bertz CT molecular complexity index is 799. The van der Waals surface area contributed by atoms with Gasteiger partial charge in [0.2, 0.25) is 0 Å². The number of non-ortho nitro benzene ring substituents is 2. The quantitative estimate of drug-likeness (QED) is 0.576. The molecule has 3 rings (SSSR count). The fraction of sp³-hybridized carbons (Fsp3) is 0.400. The topological polar surface area (TPSA) is 105 Å². The van der Waals surface area contributed by atoms with Crippen LogP contribution >= 0.6 is 0 Å². The summed E-state index contributed by atoms with van der Waals surface area (Å²) in [5, 5.41) is 22.6. The zero-order valence-corrected chi connectivity index (χ0v) is 15.9. The number of benzene rings is 2. The molecule has 8 heteroatoms. The maximum atomic E-state index is 11.3. The van der Waals surface area contributed by atoms with Gasteiger partial charge in [-0.1, -0.05) is 0 Å². The van der Waals surface area contributed by atoms with Crippen molar-refractivity contribution in [1.82, 2.24) is 0 Å². The van der Waals surface area contributed by atoms with Crippen LogP contribution in [-0.4, -0.2) is 24.1 Å². The Kier molecular flexibility index (Phi) is 5.77. The van der Waals surface area contributed by atoms with Gasteiger partial charge in [0, 0.05) is 46.5 Å². The molecule has 0 amide bonds. The molecule has 0 saturated heterocycles. The normalized spacial score (nSPS) is 13.8. The van der Waals surface area contributed by atoms with Crippen LogP contribution < -0.4 is 9.47 Å². The van der Waals surface area contributed by atoms with Gasteiger partial charge in [-0.2, -0.15) is 0 Å². The van der Waals surface area contributed by atoms with E-state index in [2.05, 4.69) is 0 Å². The van der Waals surface area contributed by atoms with E-state index in [1.807, 2.05) is 0 Å². The lowest BCUT2D eigenvalue weighted by atomic mass is 9.93. The first-order chi connectivity index (χ1) is 13.4. The Balaban J connectivity index is 2.05. The third-order valence-corrected chi connectivity index (χ3v) is 5.07. The van der Waals surface area contributed by atoms with Crippen LogP contribution in [0.15, 0.2) is 24.3 Å². The van der Waals surface area contributed by atoms with Gasteiger partial charge in [0.25, 0.3) is 11.4 Å². The molecule has 0 N–H and O–H groups in total. The molecule has 0 saturated carbocycles. The summed E-state index contributed by atoms with van der Waals surface area (Å²) in [4.78, 5) is 21.9. The highest BCUT2D eigenvalue weighted by Gasteiger charge is 2.21. The van der Waals surface area contributed by atoms with Crippen LogP contribution in [0.5, 0.6) is 11.5 Å². The van der Waals surface area contributed by atoms with Crippen LogP contribution in [0.25, 0.3) is 0 Å². The SMILES string of the molecule is COc1c2cc([N+](=O)[O-])cc1CCCc1cc([N+](=O)[O-])cc(c1OC)CCC2.